The molecule has 0 aliphatic rings. The van der Waals surface area contributed by atoms with Crippen LogP contribution in [0, 0.1) is 13.8 Å². The topological polar surface area (TPSA) is 52.3 Å². The minimum Gasteiger partial charge on any atom is -0.493 e. The van der Waals surface area contributed by atoms with Crippen LogP contribution in [0.25, 0.3) is 17.2 Å². The molecule has 0 aliphatic carbocycles. The number of hydrogen-bond acceptors (Lipinski definition) is 3. The number of hydrogen-bond donors (Lipinski definition) is 1. The lowest BCUT2D eigenvalue weighted by Gasteiger charge is -2.12. The number of ketones is 1. The predicted octanol–water partition coefficient (Wildman–Crippen LogP) is 6.24. The second kappa shape index (κ2) is 9.24. The van der Waals surface area contributed by atoms with Gasteiger partial charge in [0.25, 0.3) is 0 Å². The smallest absolute Gasteiger partial charge is 0.185 e. The fraction of sp³-hybridized carbons (Fsp3) is 0.192. The van der Waals surface area contributed by atoms with Crippen LogP contribution in [0.2, 0.25) is 0 Å². The molecule has 2 N–H and O–H groups in total. The molecule has 0 bridgehead atoms. The van der Waals surface area contributed by atoms with Crippen LogP contribution < -0.4 is 10.5 Å². The minimum atomic E-state index is -0.0664. The molecule has 0 atom stereocenters. The molecule has 0 unspecified atom stereocenters. The maximum absolute atomic E-state index is 12.5. The molecule has 0 spiro atoms. The molecule has 148 valence electrons. The fourth-order valence-corrected chi connectivity index (χ4v) is 3.25. The summed E-state index contributed by atoms with van der Waals surface area (Å²) in [5, 5.41) is 0. The predicted molar refractivity (Wildman–Crippen MR) is 121 cm³/mol. The number of benzene rings is 3. The van der Waals surface area contributed by atoms with Gasteiger partial charge in [0.1, 0.15) is 5.75 Å². The zero-order valence-electron chi connectivity index (χ0n) is 17.2. The minimum absolute atomic E-state index is 0.0664. The average Bonchev–Trinajstić information content (AvgIpc) is 2.70. The van der Waals surface area contributed by atoms with E-state index in [0.717, 1.165) is 28.9 Å². The molecule has 3 rings (SSSR count). The van der Waals surface area contributed by atoms with Crippen LogP contribution in [0.15, 0.2) is 66.7 Å². The third-order valence-corrected chi connectivity index (χ3v) is 4.64. The van der Waals surface area contributed by atoms with Crippen molar-refractivity contribution in [2.75, 3.05) is 12.3 Å². The van der Waals surface area contributed by atoms with Crippen LogP contribution in [-0.4, -0.2) is 12.4 Å². The lowest BCUT2D eigenvalue weighted by molar-refractivity contribution is 0.104. The molecular formula is C26H27NO2. The Bertz CT molecular complexity index is 1010. The normalized spacial score (nSPS) is 11.0. The third kappa shape index (κ3) is 5.35. The van der Waals surface area contributed by atoms with Crippen molar-refractivity contribution in [3.8, 4) is 16.9 Å². The number of nitrogen functional groups attached to an aromatic ring is 1. The maximum atomic E-state index is 12.5. The summed E-state index contributed by atoms with van der Waals surface area (Å²) in [7, 11) is 0. The fourth-order valence-electron chi connectivity index (χ4n) is 3.25. The number of aryl methyl sites for hydroxylation is 2. The number of anilines is 1. The molecule has 3 aromatic rings. The molecule has 0 saturated carbocycles. The van der Waals surface area contributed by atoms with Crippen LogP contribution in [-0.2, 0) is 0 Å². The highest BCUT2D eigenvalue weighted by atomic mass is 16.5. The Morgan fingerprint density at radius 3 is 2.28 bits per heavy atom. The number of ether oxygens (including phenoxy) is 1. The summed E-state index contributed by atoms with van der Waals surface area (Å²) in [6.07, 6.45) is 4.34. The first-order chi connectivity index (χ1) is 14.0. The number of nitrogens with two attached hydrogens (primary N) is 1. The monoisotopic (exact) mass is 385 g/mol. The Hall–Kier alpha value is -3.33. The molecule has 0 heterocycles. The molecular weight excluding hydrogens is 358 g/mol. The van der Waals surface area contributed by atoms with Crippen molar-refractivity contribution in [3.05, 3.63) is 89.0 Å². The van der Waals surface area contributed by atoms with Gasteiger partial charge in [-0.3, -0.25) is 4.79 Å². The summed E-state index contributed by atoms with van der Waals surface area (Å²) < 4.78 is 5.90. The van der Waals surface area contributed by atoms with Crippen LogP contribution >= 0.6 is 0 Å². The van der Waals surface area contributed by atoms with Gasteiger partial charge < -0.3 is 10.5 Å². The highest BCUT2D eigenvalue weighted by molar-refractivity contribution is 6.07. The van der Waals surface area contributed by atoms with E-state index in [2.05, 4.69) is 51.1 Å². The lowest BCUT2D eigenvalue weighted by atomic mass is 9.98. The first kappa shape index (κ1) is 20.4. The largest absolute Gasteiger partial charge is 0.493 e. The van der Waals surface area contributed by atoms with Gasteiger partial charge in [-0.1, -0.05) is 42.3 Å². The summed E-state index contributed by atoms with van der Waals surface area (Å²) in [5.41, 5.74) is 12.5. The quantitative estimate of drug-likeness (QED) is 0.298. The molecule has 29 heavy (non-hydrogen) atoms. The van der Waals surface area contributed by atoms with Crippen LogP contribution in [0.1, 0.15) is 40.4 Å². The van der Waals surface area contributed by atoms with Crippen LogP contribution in [0.5, 0.6) is 5.75 Å². The van der Waals surface area contributed by atoms with E-state index in [1.807, 2.05) is 12.1 Å². The van der Waals surface area contributed by atoms with E-state index >= 15 is 0 Å². The summed E-state index contributed by atoms with van der Waals surface area (Å²) in [4.78, 5) is 12.5. The van der Waals surface area contributed by atoms with Crippen molar-refractivity contribution in [2.45, 2.75) is 27.2 Å². The van der Waals surface area contributed by atoms with Gasteiger partial charge in [0, 0.05) is 16.8 Å². The molecule has 0 saturated heterocycles. The van der Waals surface area contributed by atoms with Gasteiger partial charge in [0.05, 0.1) is 6.61 Å². The summed E-state index contributed by atoms with van der Waals surface area (Å²) >= 11 is 0. The Morgan fingerprint density at radius 1 is 0.931 bits per heavy atom. The van der Waals surface area contributed by atoms with Gasteiger partial charge in [-0.05, 0) is 79.9 Å². The molecule has 3 heteroatoms. The van der Waals surface area contributed by atoms with E-state index < -0.39 is 0 Å². The van der Waals surface area contributed by atoms with Gasteiger partial charge in [-0.15, -0.1) is 0 Å². The molecule has 0 amide bonds. The number of allylic oxidation sites excluding steroid dienone is 1. The first-order valence-electron chi connectivity index (χ1n) is 9.89. The summed E-state index contributed by atoms with van der Waals surface area (Å²) in [6, 6.07) is 19.6. The number of carbonyl (C=O) groups is 1. The molecule has 0 aliphatic heterocycles. The molecule has 3 nitrogen and oxygen atoms in total. The average molecular weight is 386 g/mol. The molecule has 0 radical (unpaired) electrons. The maximum Gasteiger partial charge on any atom is 0.185 e. The SMILES string of the molecule is CCCOc1ccc(-c2cc(C)cc(C)c2)cc1/C=C/C(=O)c1ccc(N)cc1. The van der Waals surface area contributed by atoms with E-state index in [1.165, 1.54) is 11.1 Å². The highest BCUT2D eigenvalue weighted by Gasteiger charge is 2.07. The summed E-state index contributed by atoms with van der Waals surface area (Å²) in [5.74, 6) is 0.713. The van der Waals surface area contributed by atoms with Crippen molar-refractivity contribution >= 4 is 17.5 Å². The Kier molecular flexibility index (Phi) is 6.50. The third-order valence-electron chi connectivity index (χ3n) is 4.64. The van der Waals surface area contributed by atoms with Crippen molar-refractivity contribution in [2.24, 2.45) is 0 Å². The van der Waals surface area contributed by atoms with Crippen molar-refractivity contribution in [1.82, 2.24) is 0 Å². The Balaban J connectivity index is 1.95. The first-order valence-corrected chi connectivity index (χ1v) is 9.89. The summed E-state index contributed by atoms with van der Waals surface area (Å²) in [6.45, 7) is 6.91. The van der Waals surface area contributed by atoms with Crippen molar-refractivity contribution in [3.63, 3.8) is 0 Å². The zero-order chi connectivity index (χ0) is 20.8. The van der Waals surface area contributed by atoms with Crippen LogP contribution in [0.4, 0.5) is 5.69 Å². The van der Waals surface area contributed by atoms with Crippen LogP contribution in [0.3, 0.4) is 0 Å². The van der Waals surface area contributed by atoms with Gasteiger partial charge >= 0.3 is 0 Å². The van der Waals surface area contributed by atoms with Crippen molar-refractivity contribution in [1.29, 1.82) is 0 Å². The number of carbonyl (C=O) groups excluding carboxylic acids is 1. The molecule has 0 aromatic heterocycles. The van der Waals surface area contributed by atoms with E-state index in [9.17, 15) is 4.79 Å². The number of rotatable bonds is 7. The Morgan fingerprint density at radius 2 is 1.62 bits per heavy atom. The van der Waals surface area contributed by atoms with E-state index in [4.69, 9.17) is 10.5 Å². The van der Waals surface area contributed by atoms with Crippen molar-refractivity contribution < 1.29 is 9.53 Å². The molecule has 0 fully saturated rings. The Labute approximate surface area is 172 Å². The zero-order valence-corrected chi connectivity index (χ0v) is 17.2. The lowest BCUT2D eigenvalue weighted by Crippen LogP contribution is -1.98. The van der Waals surface area contributed by atoms with Gasteiger partial charge in [0.2, 0.25) is 0 Å². The molecule has 3 aromatic carbocycles. The standard InChI is InChI=1S/C26H27NO2/c1-4-13-29-26-12-8-21(23-15-18(2)14-19(3)16-23)17-22(26)7-11-25(28)20-5-9-24(27)10-6-20/h5-12,14-17H,4,13,27H2,1-3H3/b11-7+. The van der Waals surface area contributed by atoms with E-state index in [-0.39, 0.29) is 5.78 Å². The second-order valence-corrected chi connectivity index (χ2v) is 7.30. The van der Waals surface area contributed by atoms with Gasteiger partial charge in [0.15, 0.2) is 5.78 Å². The highest BCUT2D eigenvalue weighted by Crippen LogP contribution is 2.29. The second-order valence-electron chi connectivity index (χ2n) is 7.30. The van der Waals surface area contributed by atoms with E-state index in [0.29, 0.717) is 17.9 Å². The van der Waals surface area contributed by atoms with Gasteiger partial charge in [-0.25, -0.2) is 0 Å². The van der Waals surface area contributed by atoms with Gasteiger partial charge in [-0.2, -0.15) is 0 Å². The van der Waals surface area contributed by atoms with E-state index in [1.54, 1.807) is 30.3 Å².